The van der Waals surface area contributed by atoms with E-state index in [-0.39, 0.29) is 24.3 Å². The minimum atomic E-state index is -0.298. The lowest BCUT2D eigenvalue weighted by Crippen LogP contribution is -2.31. The van der Waals surface area contributed by atoms with Gasteiger partial charge in [-0.15, -0.1) is 0 Å². The van der Waals surface area contributed by atoms with Crippen molar-refractivity contribution in [1.82, 2.24) is 16.0 Å². The molecule has 0 spiro atoms. The fraction of sp³-hybridized carbons (Fsp3) is 0.150. The van der Waals surface area contributed by atoms with Crippen molar-refractivity contribution in [3.8, 4) is 0 Å². The van der Waals surface area contributed by atoms with Gasteiger partial charge in [-0.2, -0.15) is 0 Å². The Hall–Kier alpha value is -3.12. The Morgan fingerprint density at radius 2 is 1.81 bits per heavy atom. The predicted molar refractivity (Wildman–Crippen MR) is 106 cm³/mol. The van der Waals surface area contributed by atoms with E-state index in [0.717, 1.165) is 17.5 Å². The Balaban J connectivity index is 1.48. The molecule has 1 aliphatic rings. The van der Waals surface area contributed by atoms with Crippen molar-refractivity contribution in [2.24, 2.45) is 4.99 Å². The summed E-state index contributed by atoms with van der Waals surface area (Å²) >= 11 is 5.85. The van der Waals surface area contributed by atoms with Crippen LogP contribution in [0.4, 0.5) is 0 Å². The van der Waals surface area contributed by atoms with Gasteiger partial charge in [-0.1, -0.05) is 54.1 Å². The maximum Gasteiger partial charge on any atom is 0.274 e. The number of halogens is 1. The van der Waals surface area contributed by atoms with Gasteiger partial charge in [-0.05, 0) is 35.8 Å². The molecule has 0 atom stereocenters. The number of hydrogen-bond acceptors (Lipinski definition) is 3. The van der Waals surface area contributed by atoms with E-state index in [1.54, 1.807) is 30.3 Å². The largest absolute Gasteiger partial charge is 0.354 e. The Kier molecular flexibility index (Phi) is 6.22. The van der Waals surface area contributed by atoms with E-state index in [0.29, 0.717) is 17.3 Å². The molecular formula is C20H19ClN4O2. The highest BCUT2D eigenvalue weighted by molar-refractivity contribution is 6.30. The van der Waals surface area contributed by atoms with Crippen LogP contribution in [0.25, 0.3) is 6.08 Å². The van der Waals surface area contributed by atoms with Crippen molar-refractivity contribution in [2.75, 3.05) is 13.1 Å². The van der Waals surface area contributed by atoms with Crippen LogP contribution in [0.2, 0.25) is 5.02 Å². The fourth-order valence-corrected chi connectivity index (χ4v) is 2.62. The molecule has 27 heavy (non-hydrogen) atoms. The van der Waals surface area contributed by atoms with Crippen molar-refractivity contribution in [3.63, 3.8) is 0 Å². The second kappa shape index (κ2) is 9.00. The highest BCUT2D eigenvalue weighted by Gasteiger charge is 2.21. The van der Waals surface area contributed by atoms with Crippen LogP contribution in [0, 0.1) is 0 Å². The Labute approximate surface area is 162 Å². The predicted octanol–water partition coefficient (Wildman–Crippen LogP) is 2.12. The van der Waals surface area contributed by atoms with Gasteiger partial charge in [0, 0.05) is 11.6 Å². The minimum Gasteiger partial charge on any atom is -0.354 e. The Bertz CT molecular complexity index is 877. The maximum absolute atomic E-state index is 12.0. The van der Waals surface area contributed by atoms with E-state index in [2.05, 4.69) is 20.9 Å². The molecule has 3 N–H and O–H groups in total. The molecular weight excluding hydrogens is 364 g/mol. The molecule has 2 aromatic rings. The first-order valence-electron chi connectivity index (χ1n) is 8.51. The molecule has 3 rings (SSSR count). The van der Waals surface area contributed by atoms with E-state index in [9.17, 15) is 9.59 Å². The summed E-state index contributed by atoms with van der Waals surface area (Å²) in [6.07, 6.45) is 2.44. The molecule has 6 nitrogen and oxygen atoms in total. The van der Waals surface area contributed by atoms with Crippen molar-refractivity contribution in [1.29, 1.82) is 0 Å². The zero-order chi connectivity index (χ0) is 19.1. The fourth-order valence-electron chi connectivity index (χ4n) is 2.49. The lowest BCUT2D eigenvalue weighted by atomic mass is 10.1. The number of benzene rings is 2. The molecule has 1 heterocycles. The topological polar surface area (TPSA) is 82.6 Å². The molecule has 0 bridgehead atoms. The van der Waals surface area contributed by atoms with Gasteiger partial charge in [0.15, 0.2) is 0 Å². The van der Waals surface area contributed by atoms with Crippen LogP contribution in [-0.2, 0) is 16.0 Å². The molecule has 1 fully saturated rings. The van der Waals surface area contributed by atoms with Gasteiger partial charge >= 0.3 is 0 Å². The van der Waals surface area contributed by atoms with Gasteiger partial charge in [0.1, 0.15) is 12.2 Å². The van der Waals surface area contributed by atoms with Crippen LogP contribution in [0.15, 0.2) is 65.3 Å². The van der Waals surface area contributed by atoms with Crippen LogP contribution in [0.5, 0.6) is 0 Å². The number of nitrogens with one attached hydrogen (secondary N) is 3. The monoisotopic (exact) mass is 382 g/mol. The van der Waals surface area contributed by atoms with Crippen LogP contribution >= 0.6 is 11.6 Å². The summed E-state index contributed by atoms with van der Waals surface area (Å²) in [7, 11) is 0. The smallest absolute Gasteiger partial charge is 0.274 e. The third kappa shape index (κ3) is 5.69. The first-order valence-corrected chi connectivity index (χ1v) is 8.89. The van der Waals surface area contributed by atoms with Gasteiger partial charge in [-0.25, -0.2) is 4.99 Å². The van der Waals surface area contributed by atoms with E-state index in [4.69, 9.17) is 11.6 Å². The SMILES string of the molecule is O=C(CN=C1NC(=O)/C(=C/c2ccc(Cl)cc2)N1)NCCc1ccccc1. The second-order valence-electron chi connectivity index (χ2n) is 5.94. The number of nitrogens with zero attached hydrogens (tertiary/aromatic N) is 1. The molecule has 2 amide bonds. The third-order valence-electron chi connectivity index (χ3n) is 3.87. The normalized spacial score (nSPS) is 16.3. The number of carbonyl (C=O) groups is 2. The summed E-state index contributed by atoms with van der Waals surface area (Å²) in [5, 5.41) is 8.91. The average molecular weight is 383 g/mol. The van der Waals surface area contributed by atoms with Crippen LogP contribution in [0.3, 0.4) is 0 Å². The first kappa shape index (κ1) is 18.7. The van der Waals surface area contributed by atoms with E-state index < -0.39 is 0 Å². The number of carbonyl (C=O) groups excluding carboxylic acids is 2. The molecule has 0 unspecified atom stereocenters. The molecule has 1 aliphatic heterocycles. The summed E-state index contributed by atoms with van der Waals surface area (Å²) < 4.78 is 0. The number of hydrogen-bond donors (Lipinski definition) is 3. The van der Waals surface area contributed by atoms with Gasteiger partial charge in [0.2, 0.25) is 11.9 Å². The third-order valence-corrected chi connectivity index (χ3v) is 4.12. The summed E-state index contributed by atoms with van der Waals surface area (Å²) in [5.74, 6) is -0.240. The number of rotatable bonds is 6. The minimum absolute atomic E-state index is 0.0639. The summed E-state index contributed by atoms with van der Waals surface area (Å²) in [5.41, 5.74) is 2.35. The molecule has 2 aromatic carbocycles. The Morgan fingerprint density at radius 3 is 2.56 bits per heavy atom. The highest BCUT2D eigenvalue weighted by Crippen LogP contribution is 2.13. The highest BCUT2D eigenvalue weighted by atomic mass is 35.5. The van der Waals surface area contributed by atoms with E-state index in [1.165, 1.54) is 0 Å². The lowest BCUT2D eigenvalue weighted by Gasteiger charge is -2.04. The van der Waals surface area contributed by atoms with E-state index >= 15 is 0 Å². The van der Waals surface area contributed by atoms with Gasteiger partial charge in [-0.3, -0.25) is 14.9 Å². The quantitative estimate of drug-likeness (QED) is 0.669. The van der Waals surface area contributed by atoms with Crippen LogP contribution < -0.4 is 16.0 Å². The Morgan fingerprint density at radius 1 is 1.07 bits per heavy atom. The average Bonchev–Trinajstić information content (AvgIpc) is 3.02. The van der Waals surface area contributed by atoms with Crippen LogP contribution in [0.1, 0.15) is 11.1 Å². The van der Waals surface area contributed by atoms with Crippen LogP contribution in [-0.4, -0.2) is 30.9 Å². The van der Waals surface area contributed by atoms with E-state index in [1.807, 2.05) is 30.3 Å². The van der Waals surface area contributed by atoms with Gasteiger partial charge in [0.25, 0.3) is 5.91 Å². The van der Waals surface area contributed by atoms with Gasteiger partial charge < -0.3 is 10.6 Å². The molecule has 138 valence electrons. The number of guanidine groups is 1. The molecule has 0 aliphatic carbocycles. The summed E-state index contributed by atoms with van der Waals surface area (Å²) in [4.78, 5) is 28.0. The summed E-state index contributed by atoms with van der Waals surface area (Å²) in [6.45, 7) is 0.473. The zero-order valence-electron chi connectivity index (χ0n) is 14.5. The van der Waals surface area contributed by atoms with Gasteiger partial charge in [0.05, 0.1) is 0 Å². The summed E-state index contributed by atoms with van der Waals surface area (Å²) in [6, 6.07) is 17.0. The molecule has 0 saturated carbocycles. The van der Waals surface area contributed by atoms with Crippen molar-refractivity contribution < 1.29 is 9.59 Å². The van der Waals surface area contributed by atoms with Crippen molar-refractivity contribution in [3.05, 3.63) is 76.4 Å². The second-order valence-corrected chi connectivity index (χ2v) is 6.38. The first-order chi connectivity index (χ1) is 13.1. The maximum atomic E-state index is 12.0. The zero-order valence-corrected chi connectivity index (χ0v) is 15.3. The molecule has 1 saturated heterocycles. The standard InChI is InChI=1S/C20H19ClN4O2/c21-16-8-6-15(7-9-16)12-17-19(27)25-20(24-17)23-13-18(26)22-11-10-14-4-2-1-3-5-14/h1-9,12H,10-11,13H2,(H,22,26)(H2,23,24,25,27)/b17-12-. The van der Waals surface area contributed by atoms with Crippen molar-refractivity contribution >= 4 is 35.5 Å². The molecule has 0 aromatic heterocycles. The lowest BCUT2D eigenvalue weighted by molar-refractivity contribution is -0.119. The number of amides is 2. The number of aliphatic imine (C=N–C) groups is 1. The molecule has 7 heteroatoms. The molecule has 0 radical (unpaired) electrons. The van der Waals surface area contributed by atoms with Crippen molar-refractivity contribution in [2.45, 2.75) is 6.42 Å².